The molecule has 0 aliphatic carbocycles. The predicted octanol–water partition coefficient (Wildman–Crippen LogP) is 3.58. The normalized spacial score (nSPS) is 20.3. The van der Waals surface area contributed by atoms with Crippen LogP contribution in [0.25, 0.3) is 0 Å². The van der Waals surface area contributed by atoms with E-state index in [4.69, 9.17) is 18.9 Å². The van der Waals surface area contributed by atoms with Gasteiger partial charge in [-0.3, -0.25) is 0 Å². The summed E-state index contributed by atoms with van der Waals surface area (Å²) in [5.74, 6) is 2.68. The fraction of sp³-hybridized carbons (Fsp3) is 0.600. The van der Waals surface area contributed by atoms with Crippen LogP contribution in [0.2, 0.25) is 0 Å². The summed E-state index contributed by atoms with van der Waals surface area (Å²) in [5, 5.41) is 0. The van der Waals surface area contributed by atoms with Crippen LogP contribution in [-0.4, -0.2) is 34.5 Å². The minimum Gasteiger partial charge on any atom is -0.496 e. The lowest BCUT2D eigenvalue weighted by atomic mass is 9.93. The van der Waals surface area contributed by atoms with Crippen molar-refractivity contribution in [2.24, 2.45) is 5.92 Å². The molecule has 1 aromatic rings. The molecule has 0 N–H and O–H groups in total. The molecular formula is C15H21BrO4. The number of rotatable bonds is 5. The molecule has 0 aromatic heterocycles. The van der Waals surface area contributed by atoms with Crippen LogP contribution < -0.4 is 14.2 Å². The summed E-state index contributed by atoms with van der Waals surface area (Å²) in [6.07, 6.45) is 2.22. The second-order valence-corrected chi connectivity index (χ2v) is 5.81. The molecule has 1 aliphatic rings. The number of methoxy groups -OCH3 is 3. The van der Waals surface area contributed by atoms with Crippen LogP contribution in [0.4, 0.5) is 0 Å². The molecule has 2 rings (SSSR count). The van der Waals surface area contributed by atoms with Gasteiger partial charge in [-0.2, -0.15) is 0 Å². The molecular weight excluding hydrogens is 324 g/mol. The number of ether oxygens (including phenoxy) is 4. The van der Waals surface area contributed by atoms with Crippen molar-refractivity contribution < 1.29 is 18.9 Å². The van der Waals surface area contributed by atoms with Crippen molar-refractivity contribution in [2.45, 2.75) is 17.7 Å². The third-order valence-electron chi connectivity index (χ3n) is 3.64. The van der Waals surface area contributed by atoms with Crippen LogP contribution in [0.5, 0.6) is 17.2 Å². The summed E-state index contributed by atoms with van der Waals surface area (Å²) in [6, 6.07) is 3.77. The van der Waals surface area contributed by atoms with Gasteiger partial charge in [-0.15, -0.1) is 0 Å². The molecule has 0 saturated carbocycles. The second-order valence-electron chi connectivity index (χ2n) is 4.82. The highest BCUT2D eigenvalue weighted by Crippen LogP contribution is 2.46. The van der Waals surface area contributed by atoms with E-state index in [0.29, 0.717) is 5.92 Å². The van der Waals surface area contributed by atoms with Gasteiger partial charge in [0.05, 0.1) is 38.3 Å². The van der Waals surface area contributed by atoms with Gasteiger partial charge in [-0.1, -0.05) is 15.9 Å². The SMILES string of the molecule is COc1cc(OC)c(C(Br)C2CCCOC2)c(OC)c1. The Labute approximate surface area is 128 Å². The first-order valence-electron chi connectivity index (χ1n) is 6.73. The van der Waals surface area contributed by atoms with Crippen LogP contribution >= 0.6 is 15.9 Å². The molecule has 1 aliphatic heterocycles. The molecule has 1 saturated heterocycles. The quantitative estimate of drug-likeness (QED) is 0.765. The van der Waals surface area contributed by atoms with Gasteiger partial charge in [0, 0.05) is 18.7 Å². The van der Waals surface area contributed by atoms with E-state index < -0.39 is 0 Å². The zero-order valence-corrected chi connectivity index (χ0v) is 13.7. The van der Waals surface area contributed by atoms with E-state index in [1.54, 1.807) is 21.3 Å². The molecule has 0 radical (unpaired) electrons. The van der Waals surface area contributed by atoms with Crippen LogP contribution in [0.3, 0.4) is 0 Å². The Morgan fingerprint density at radius 2 is 1.80 bits per heavy atom. The number of alkyl halides is 1. The number of hydrogen-bond acceptors (Lipinski definition) is 4. The standard InChI is InChI=1S/C15H21BrO4/c1-17-11-7-12(18-2)14(13(8-11)19-3)15(16)10-5-4-6-20-9-10/h7-8,10,15H,4-6,9H2,1-3H3. The monoisotopic (exact) mass is 344 g/mol. The number of hydrogen-bond donors (Lipinski definition) is 0. The van der Waals surface area contributed by atoms with Crippen molar-refractivity contribution >= 4 is 15.9 Å². The molecule has 20 heavy (non-hydrogen) atoms. The van der Waals surface area contributed by atoms with E-state index in [2.05, 4.69) is 15.9 Å². The van der Waals surface area contributed by atoms with Gasteiger partial charge in [0.1, 0.15) is 17.2 Å². The van der Waals surface area contributed by atoms with E-state index in [1.165, 1.54) is 0 Å². The summed E-state index contributed by atoms with van der Waals surface area (Å²) >= 11 is 3.80. The Morgan fingerprint density at radius 3 is 2.25 bits per heavy atom. The maximum absolute atomic E-state index is 5.58. The van der Waals surface area contributed by atoms with Crippen LogP contribution in [-0.2, 0) is 4.74 Å². The molecule has 112 valence electrons. The summed E-state index contributed by atoms with van der Waals surface area (Å²) in [5.41, 5.74) is 1.02. The van der Waals surface area contributed by atoms with Gasteiger partial charge >= 0.3 is 0 Å². The Bertz CT molecular complexity index is 418. The van der Waals surface area contributed by atoms with E-state index in [9.17, 15) is 0 Å². The Hall–Kier alpha value is -0.940. The summed E-state index contributed by atoms with van der Waals surface area (Å²) in [6.45, 7) is 1.61. The average molecular weight is 345 g/mol. The lowest BCUT2D eigenvalue weighted by Gasteiger charge is -2.28. The van der Waals surface area contributed by atoms with Gasteiger partial charge in [0.15, 0.2) is 0 Å². The first-order valence-corrected chi connectivity index (χ1v) is 7.64. The summed E-state index contributed by atoms with van der Waals surface area (Å²) < 4.78 is 21.9. The molecule has 5 heteroatoms. The van der Waals surface area contributed by atoms with E-state index >= 15 is 0 Å². The van der Waals surface area contributed by atoms with Gasteiger partial charge in [-0.05, 0) is 18.8 Å². The van der Waals surface area contributed by atoms with Crippen molar-refractivity contribution in [1.29, 1.82) is 0 Å². The highest BCUT2D eigenvalue weighted by Gasteiger charge is 2.29. The number of halogens is 1. The van der Waals surface area contributed by atoms with Crippen LogP contribution in [0.1, 0.15) is 23.2 Å². The zero-order valence-electron chi connectivity index (χ0n) is 12.1. The fourth-order valence-electron chi connectivity index (χ4n) is 2.54. The first kappa shape index (κ1) is 15.4. The Morgan fingerprint density at radius 1 is 1.15 bits per heavy atom. The molecule has 0 bridgehead atoms. The minimum absolute atomic E-state index is 0.138. The van der Waals surface area contributed by atoms with Crippen molar-refractivity contribution in [3.05, 3.63) is 17.7 Å². The summed E-state index contributed by atoms with van der Waals surface area (Å²) in [4.78, 5) is 0.138. The molecule has 1 aromatic carbocycles. The van der Waals surface area contributed by atoms with Crippen LogP contribution in [0, 0.1) is 5.92 Å². The van der Waals surface area contributed by atoms with Gasteiger partial charge in [-0.25, -0.2) is 0 Å². The molecule has 1 fully saturated rings. The molecule has 1 heterocycles. The van der Waals surface area contributed by atoms with Gasteiger partial charge in [0.2, 0.25) is 0 Å². The zero-order chi connectivity index (χ0) is 14.5. The van der Waals surface area contributed by atoms with Crippen LogP contribution in [0.15, 0.2) is 12.1 Å². The molecule has 2 atom stereocenters. The third-order valence-corrected chi connectivity index (χ3v) is 4.84. The highest BCUT2D eigenvalue weighted by molar-refractivity contribution is 9.09. The first-order chi connectivity index (χ1) is 9.71. The average Bonchev–Trinajstić information content (AvgIpc) is 2.53. The molecule has 4 nitrogen and oxygen atoms in total. The predicted molar refractivity (Wildman–Crippen MR) is 81.3 cm³/mol. The highest BCUT2D eigenvalue weighted by atomic mass is 79.9. The smallest absolute Gasteiger partial charge is 0.130 e. The van der Waals surface area contributed by atoms with E-state index in [0.717, 1.165) is 48.9 Å². The van der Waals surface area contributed by atoms with E-state index in [1.807, 2.05) is 12.1 Å². The number of benzene rings is 1. The summed E-state index contributed by atoms with van der Waals surface area (Å²) in [7, 11) is 4.96. The lowest BCUT2D eigenvalue weighted by molar-refractivity contribution is 0.0542. The van der Waals surface area contributed by atoms with Crippen molar-refractivity contribution in [2.75, 3.05) is 34.5 Å². The maximum atomic E-state index is 5.58. The fourth-order valence-corrected chi connectivity index (χ4v) is 3.40. The lowest BCUT2D eigenvalue weighted by Crippen LogP contribution is -2.21. The molecule has 0 amide bonds. The molecule has 0 spiro atoms. The third kappa shape index (κ3) is 3.20. The molecule has 2 unspecified atom stereocenters. The maximum Gasteiger partial charge on any atom is 0.130 e. The van der Waals surface area contributed by atoms with Crippen molar-refractivity contribution in [3.63, 3.8) is 0 Å². The van der Waals surface area contributed by atoms with Crippen molar-refractivity contribution in [1.82, 2.24) is 0 Å². The van der Waals surface area contributed by atoms with Gasteiger partial charge in [0.25, 0.3) is 0 Å². The minimum atomic E-state index is 0.138. The Balaban J connectivity index is 2.36. The topological polar surface area (TPSA) is 36.9 Å². The Kier molecular flexibility index (Phi) is 5.54. The van der Waals surface area contributed by atoms with Gasteiger partial charge < -0.3 is 18.9 Å². The second kappa shape index (κ2) is 7.18. The largest absolute Gasteiger partial charge is 0.496 e. The van der Waals surface area contributed by atoms with Crippen molar-refractivity contribution in [3.8, 4) is 17.2 Å². The van der Waals surface area contributed by atoms with E-state index in [-0.39, 0.29) is 4.83 Å².